The van der Waals surface area contributed by atoms with Crippen LogP contribution >= 0.6 is 0 Å². The number of nitrogens with zero attached hydrogens (tertiary/aromatic N) is 4. The molecule has 174 valence electrons. The maximum absolute atomic E-state index is 13.2. The van der Waals surface area contributed by atoms with Crippen molar-refractivity contribution >= 4 is 11.8 Å². The number of benzene rings is 1. The Morgan fingerprint density at radius 3 is 2.22 bits per heavy atom. The zero-order chi connectivity index (χ0) is 21.9. The van der Waals surface area contributed by atoms with Crippen LogP contribution in [0.1, 0.15) is 50.5 Å². The van der Waals surface area contributed by atoms with Crippen molar-refractivity contribution < 1.29 is 9.59 Å². The van der Waals surface area contributed by atoms with Crippen molar-refractivity contribution in [3.63, 3.8) is 0 Å². The van der Waals surface area contributed by atoms with E-state index in [0.29, 0.717) is 19.0 Å². The molecule has 0 bridgehead atoms. The molecule has 0 N–H and O–H groups in total. The van der Waals surface area contributed by atoms with Crippen LogP contribution in [0, 0.1) is 5.92 Å². The summed E-state index contributed by atoms with van der Waals surface area (Å²) in [7, 11) is 0. The molecule has 32 heavy (non-hydrogen) atoms. The number of hydrogen-bond acceptors (Lipinski definition) is 4. The second-order valence-corrected chi connectivity index (χ2v) is 10.2. The standard InChI is InChI=1S/C26H38N4O2/c31-25-18-22(26(32)29-16-14-28(15-17-29)23-8-4-5-9-23)20-30(25)24-10-12-27(13-11-24)19-21-6-2-1-3-7-21/h1-3,6-7,22-24H,4-5,8-20H2. The van der Waals surface area contributed by atoms with Crippen LogP contribution in [0.3, 0.4) is 0 Å². The van der Waals surface area contributed by atoms with E-state index >= 15 is 0 Å². The third-order valence-electron chi connectivity index (χ3n) is 8.22. The van der Waals surface area contributed by atoms with Gasteiger partial charge in [-0.3, -0.25) is 19.4 Å². The van der Waals surface area contributed by atoms with Gasteiger partial charge in [0, 0.05) is 70.9 Å². The molecule has 3 aliphatic heterocycles. The summed E-state index contributed by atoms with van der Waals surface area (Å²) in [6, 6.07) is 11.6. The predicted molar refractivity (Wildman–Crippen MR) is 125 cm³/mol. The summed E-state index contributed by atoms with van der Waals surface area (Å²) in [6.07, 6.45) is 7.80. The van der Waals surface area contributed by atoms with Crippen LogP contribution in [-0.2, 0) is 16.1 Å². The van der Waals surface area contributed by atoms with Gasteiger partial charge in [-0.15, -0.1) is 0 Å². The Morgan fingerprint density at radius 1 is 0.844 bits per heavy atom. The Bertz CT molecular complexity index is 778. The van der Waals surface area contributed by atoms with Gasteiger partial charge in [-0.1, -0.05) is 43.2 Å². The minimum Gasteiger partial charge on any atom is -0.340 e. The molecule has 6 heteroatoms. The van der Waals surface area contributed by atoms with Crippen molar-refractivity contribution in [3.8, 4) is 0 Å². The number of amides is 2. The number of rotatable bonds is 5. The van der Waals surface area contributed by atoms with Crippen LogP contribution in [0.5, 0.6) is 0 Å². The third-order valence-corrected chi connectivity index (χ3v) is 8.22. The van der Waals surface area contributed by atoms with Crippen LogP contribution in [0.15, 0.2) is 30.3 Å². The van der Waals surface area contributed by atoms with Gasteiger partial charge in [-0.25, -0.2) is 0 Å². The summed E-state index contributed by atoms with van der Waals surface area (Å²) in [5, 5.41) is 0. The van der Waals surface area contributed by atoms with Crippen LogP contribution in [0.25, 0.3) is 0 Å². The number of carbonyl (C=O) groups excluding carboxylic acids is 2. The summed E-state index contributed by atoms with van der Waals surface area (Å²) < 4.78 is 0. The van der Waals surface area contributed by atoms with Gasteiger partial charge in [-0.2, -0.15) is 0 Å². The number of hydrogen-bond donors (Lipinski definition) is 0. The van der Waals surface area contributed by atoms with Crippen LogP contribution in [0.4, 0.5) is 0 Å². The Kier molecular flexibility index (Phi) is 6.79. The van der Waals surface area contributed by atoms with Crippen molar-refractivity contribution in [3.05, 3.63) is 35.9 Å². The molecule has 1 aromatic rings. The lowest BCUT2D eigenvalue weighted by Crippen LogP contribution is -2.53. The average Bonchev–Trinajstić information content (AvgIpc) is 3.50. The van der Waals surface area contributed by atoms with Crippen molar-refractivity contribution in [2.24, 2.45) is 5.92 Å². The van der Waals surface area contributed by atoms with Gasteiger partial charge in [0.2, 0.25) is 11.8 Å². The van der Waals surface area contributed by atoms with E-state index in [1.807, 2.05) is 9.80 Å². The van der Waals surface area contributed by atoms with Crippen molar-refractivity contribution in [2.75, 3.05) is 45.8 Å². The molecule has 2 amide bonds. The zero-order valence-corrected chi connectivity index (χ0v) is 19.3. The minimum absolute atomic E-state index is 0.136. The highest BCUT2D eigenvalue weighted by atomic mass is 16.2. The fraction of sp³-hybridized carbons (Fsp3) is 0.692. The Balaban J connectivity index is 1.09. The van der Waals surface area contributed by atoms with Crippen molar-refractivity contribution in [2.45, 2.75) is 63.6 Å². The second kappa shape index (κ2) is 9.92. The number of piperidine rings is 1. The van der Waals surface area contributed by atoms with Crippen LogP contribution in [0.2, 0.25) is 0 Å². The van der Waals surface area contributed by atoms with E-state index < -0.39 is 0 Å². The maximum atomic E-state index is 13.2. The summed E-state index contributed by atoms with van der Waals surface area (Å²) in [5.74, 6) is 0.269. The first-order chi connectivity index (χ1) is 15.7. The number of piperazine rings is 1. The molecule has 1 aliphatic carbocycles. The highest BCUT2D eigenvalue weighted by molar-refractivity contribution is 5.89. The topological polar surface area (TPSA) is 47.1 Å². The van der Waals surface area contributed by atoms with E-state index in [4.69, 9.17) is 0 Å². The molecule has 4 fully saturated rings. The SMILES string of the molecule is O=C(C1CC(=O)N(C2CCN(Cc3ccccc3)CC2)C1)N1CCN(C2CCCC2)CC1. The van der Waals surface area contributed by atoms with Crippen molar-refractivity contribution in [1.29, 1.82) is 0 Å². The van der Waals surface area contributed by atoms with Gasteiger partial charge in [-0.05, 0) is 31.2 Å². The lowest BCUT2D eigenvalue weighted by molar-refractivity contribution is -0.137. The molecule has 3 heterocycles. The van der Waals surface area contributed by atoms with E-state index in [1.165, 1.54) is 31.2 Å². The van der Waals surface area contributed by atoms with Crippen LogP contribution < -0.4 is 0 Å². The van der Waals surface area contributed by atoms with Gasteiger partial charge in [0.05, 0.1) is 5.92 Å². The highest BCUT2D eigenvalue weighted by Gasteiger charge is 2.41. The lowest BCUT2D eigenvalue weighted by Gasteiger charge is -2.39. The molecule has 3 saturated heterocycles. The number of carbonyl (C=O) groups is 2. The Morgan fingerprint density at radius 2 is 1.53 bits per heavy atom. The van der Waals surface area contributed by atoms with Crippen LogP contribution in [-0.4, -0.2) is 89.3 Å². The molecule has 0 spiro atoms. The largest absolute Gasteiger partial charge is 0.340 e. The molecule has 1 aromatic carbocycles. The molecular weight excluding hydrogens is 400 g/mol. The average molecular weight is 439 g/mol. The smallest absolute Gasteiger partial charge is 0.228 e. The molecule has 0 aromatic heterocycles. The molecule has 1 atom stereocenters. The maximum Gasteiger partial charge on any atom is 0.228 e. The summed E-state index contributed by atoms with van der Waals surface area (Å²) in [5.41, 5.74) is 1.35. The lowest BCUT2D eigenvalue weighted by atomic mass is 10.0. The second-order valence-electron chi connectivity index (χ2n) is 10.2. The fourth-order valence-electron chi connectivity index (χ4n) is 6.32. The van der Waals surface area contributed by atoms with Crippen molar-refractivity contribution in [1.82, 2.24) is 19.6 Å². The van der Waals surface area contributed by atoms with E-state index in [-0.39, 0.29) is 17.7 Å². The quantitative estimate of drug-likeness (QED) is 0.709. The minimum atomic E-state index is -0.136. The molecule has 5 rings (SSSR count). The monoisotopic (exact) mass is 438 g/mol. The summed E-state index contributed by atoms with van der Waals surface area (Å²) in [4.78, 5) is 35.1. The first-order valence-corrected chi connectivity index (χ1v) is 12.8. The molecule has 1 unspecified atom stereocenters. The van der Waals surface area contributed by atoms with Gasteiger partial charge >= 0.3 is 0 Å². The summed E-state index contributed by atoms with van der Waals surface area (Å²) >= 11 is 0. The predicted octanol–water partition coefficient (Wildman–Crippen LogP) is 2.59. The zero-order valence-electron chi connectivity index (χ0n) is 19.3. The molecule has 0 radical (unpaired) electrons. The molecule has 1 saturated carbocycles. The molecular formula is C26H38N4O2. The van der Waals surface area contributed by atoms with Gasteiger partial charge in [0.25, 0.3) is 0 Å². The van der Waals surface area contributed by atoms with E-state index in [2.05, 4.69) is 40.1 Å². The molecule has 6 nitrogen and oxygen atoms in total. The number of likely N-dealkylation sites (tertiary alicyclic amines) is 2. The van der Waals surface area contributed by atoms with Gasteiger partial charge in [0.1, 0.15) is 0 Å². The van der Waals surface area contributed by atoms with E-state index in [1.54, 1.807) is 0 Å². The Hall–Kier alpha value is -1.92. The normalized spacial score (nSPS) is 26.9. The van der Waals surface area contributed by atoms with Gasteiger partial charge in [0.15, 0.2) is 0 Å². The Labute approximate surface area is 192 Å². The first-order valence-electron chi connectivity index (χ1n) is 12.8. The third kappa shape index (κ3) is 4.86. The fourth-order valence-corrected chi connectivity index (χ4v) is 6.32. The highest BCUT2D eigenvalue weighted by Crippen LogP contribution is 2.29. The summed E-state index contributed by atoms with van der Waals surface area (Å²) in [6.45, 7) is 7.31. The van der Waals surface area contributed by atoms with Gasteiger partial charge < -0.3 is 9.80 Å². The van der Waals surface area contributed by atoms with E-state index in [0.717, 1.165) is 64.7 Å². The molecule has 4 aliphatic rings. The first kappa shape index (κ1) is 21.9. The van der Waals surface area contributed by atoms with E-state index in [9.17, 15) is 9.59 Å².